The number of anilines is 1. The van der Waals surface area contributed by atoms with Gasteiger partial charge in [-0.15, -0.1) is 0 Å². The van der Waals surface area contributed by atoms with Crippen LogP contribution in [0.5, 0.6) is 5.75 Å². The molecule has 0 spiro atoms. The zero-order valence-electron chi connectivity index (χ0n) is 19.5. The Morgan fingerprint density at radius 3 is 2.35 bits per heavy atom. The zero-order valence-corrected chi connectivity index (χ0v) is 20.3. The van der Waals surface area contributed by atoms with Crippen LogP contribution in [0.3, 0.4) is 0 Å². The lowest BCUT2D eigenvalue weighted by atomic mass is 9.94. The van der Waals surface area contributed by atoms with Crippen LogP contribution >= 0.6 is 11.6 Å². The minimum absolute atomic E-state index is 0.0212. The maximum absolute atomic E-state index is 13.3. The van der Waals surface area contributed by atoms with E-state index in [0.717, 1.165) is 16.7 Å². The number of amides is 1. The lowest BCUT2D eigenvalue weighted by Crippen LogP contribution is -2.29. The first-order valence-corrected chi connectivity index (χ1v) is 11.4. The van der Waals surface area contributed by atoms with Crippen molar-refractivity contribution < 1.29 is 19.4 Å². The van der Waals surface area contributed by atoms with Crippen molar-refractivity contribution in [3.63, 3.8) is 0 Å². The number of rotatable bonds is 5. The summed E-state index contributed by atoms with van der Waals surface area (Å²) in [7, 11) is 1.47. The standard InChI is InChI=1S/C28H26ClNO4/c1-16(2)18-8-11-21(12-9-18)30-25(19-7-5-6-17(3)14-19)24(27(32)28(30)33)26(31)20-10-13-22(29)23(15-20)34-4/h5-16,25,31H,1-4H3/b26-24-. The van der Waals surface area contributed by atoms with Crippen molar-refractivity contribution in [3.05, 3.63) is 99.6 Å². The van der Waals surface area contributed by atoms with Gasteiger partial charge in [-0.1, -0.05) is 67.4 Å². The van der Waals surface area contributed by atoms with E-state index in [1.54, 1.807) is 18.2 Å². The topological polar surface area (TPSA) is 66.8 Å². The van der Waals surface area contributed by atoms with E-state index in [1.165, 1.54) is 12.0 Å². The van der Waals surface area contributed by atoms with Gasteiger partial charge in [0, 0.05) is 11.3 Å². The summed E-state index contributed by atoms with van der Waals surface area (Å²) >= 11 is 6.14. The van der Waals surface area contributed by atoms with Gasteiger partial charge in [0.05, 0.1) is 23.7 Å². The summed E-state index contributed by atoms with van der Waals surface area (Å²) in [5, 5.41) is 11.7. The maximum Gasteiger partial charge on any atom is 0.300 e. The molecule has 1 N–H and O–H groups in total. The number of ketones is 1. The van der Waals surface area contributed by atoms with Gasteiger partial charge in [-0.2, -0.15) is 0 Å². The number of hydrogen-bond acceptors (Lipinski definition) is 4. The molecule has 0 saturated carbocycles. The summed E-state index contributed by atoms with van der Waals surface area (Å²) in [5.41, 5.74) is 3.78. The van der Waals surface area contributed by atoms with Gasteiger partial charge in [-0.25, -0.2) is 0 Å². The number of Topliss-reactive ketones (excluding diaryl/α,β-unsaturated/α-hetero) is 1. The number of hydrogen-bond donors (Lipinski definition) is 1. The molecule has 1 saturated heterocycles. The van der Waals surface area contributed by atoms with Gasteiger partial charge in [0.25, 0.3) is 11.7 Å². The molecule has 5 nitrogen and oxygen atoms in total. The highest BCUT2D eigenvalue weighted by atomic mass is 35.5. The van der Waals surface area contributed by atoms with E-state index >= 15 is 0 Å². The molecule has 0 radical (unpaired) electrons. The van der Waals surface area contributed by atoms with Gasteiger partial charge in [-0.05, 0) is 54.3 Å². The van der Waals surface area contributed by atoms with Crippen molar-refractivity contribution in [2.24, 2.45) is 0 Å². The predicted octanol–water partition coefficient (Wildman–Crippen LogP) is 6.41. The number of aliphatic hydroxyl groups excluding tert-OH is 1. The normalized spacial score (nSPS) is 17.5. The third-order valence-corrected chi connectivity index (χ3v) is 6.38. The third-order valence-electron chi connectivity index (χ3n) is 6.06. The molecule has 34 heavy (non-hydrogen) atoms. The Labute approximate surface area is 204 Å². The molecule has 1 atom stereocenters. The van der Waals surface area contributed by atoms with E-state index < -0.39 is 17.7 Å². The van der Waals surface area contributed by atoms with Gasteiger partial charge in [0.1, 0.15) is 11.5 Å². The minimum atomic E-state index is -0.786. The van der Waals surface area contributed by atoms with Crippen LogP contribution in [0.4, 0.5) is 5.69 Å². The van der Waals surface area contributed by atoms with Crippen molar-refractivity contribution in [3.8, 4) is 5.75 Å². The summed E-state index contributed by atoms with van der Waals surface area (Å²) < 4.78 is 5.27. The van der Waals surface area contributed by atoms with Crippen LogP contribution in [-0.2, 0) is 9.59 Å². The smallest absolute Gasteiger partial charge is 0.300 e. The van der Waals surface area contributed by atoms with Crippen molar-refractivity contribution >= 4 is 34.7 Å². The van der Waals surface area contributed by atoms with Crippen molar-refractivity contribution in [1.82, 2.24) is 0 Å². The largest absolute Gasteiger partial charge is 0.507 e. The molecule has 1 aliphatic rings. The molecular formula is C28H26ClNO4. The average Bonchev–Trinajstić information content (AvgIpc) is 3.09. The number of carbonyl (C=O) groups excluding carboxylic acids is 2. The Balaban J connectivity index is 1.92. The molecule has 0 bridgehead atoms. The molecule has 6 heteroatoms. The quantitative estimate of drug-likeness (QED) is 0.263. The van der Waals surface area contributed by atoms with E-state index in [0.29, 0.717) is 27.9 Å². The van der Waals surface area contributed by atoms with Crippen LogP contribution in [0.2, 0.25) is 5.02 Å². The minimum Gasteiger partial charge on any atom is -0.507 e. The molecule has 1 unspecified atom stereocenters. The first-order chi connectivity index (χ1) is 16.2. The highest BCUT2D eigenvalue weighted by Gasteiger charge is 2.47. The average molecular weight is 476 g/mol. The summed E-state index contributed by atoms with van der Waals surface area (Å²) in [6.07, 6.45) is 0. The number of nitrogens with zero attached hydrogens (tertiary/aromatic N) is 1. The molecular weight excluding hydrogens is 450 g/mol. The molecule has 1 amide bonds. The van der Waals surface area contributed by atoms with E-state index in [1.807, 2.05) is 55.5 Å². The number of aliphatic hydroxyl groups is 1. The number of halogens is 1. The Hall–Kier alpha value is -3.57. The number of aryl methyl sites for hydroxylation is 1. The lowest BCUT2D eigenvalue weighted by molar-refractivity contribution is -0.132. The number of ether oxygens (including phenoxy) is 1. The zero-order chi connectivity index (χ0) is 24.6. The van der Waals surface area contributed by atoms with Gasteiger partial charge in [0.15, 0.2) is 0 Å². The molecule has 3 aromatic rings. The molecule has 0 aliphatic carbocycles. The second-order valence-corrected chi connectivity index (χ2v) is 9.09. The highest BCUT2D eigenvalue weighted by Crippen LogP contribution is 2.43. The second kappa shape index (κ2) is 9.35. The second-order valence-electron chi connectivity index (χ2n) is 8.68. The fraction of sp³-hybridized carbons (Fsp3) is 0.214. The molecule has 4 rings (SSSR count). The Morgan fingerprint density at radius 2 is 1.74 bits per heavy atom. The molecule has 1 fully saturated rings. The van der Waals surface area contributed by atoms with E-state index in [2.05, 4.69) is 13.8 Å². The fourth-order valence-electron chi connectivity index (χ4n) is 4.24. The van der Waals surface area contributed by atoms with Gasteiger partial charge in [0.2, 0.25) is 0 Å². The highest BCUT2D eigenvalue weighted by molar-refractivity contribution is 6.51. The number of carbonyl (C=O) groups is 2. The van der Waals surface area contributed by atoms with Crippen molar-refractivity contribution in [1.29, 1.82) is 0 Å². The SMILES string of the molecule is COc1cc(/C(O)=C2/C(=O)C(=O)N(c3ccc(C(C)C)cc3)C2c2cccc(C)c2)ccc1Cl. The van der Waals surface area contributed by atoms with E-state index in [4.69, 9.17) is 16.3 Å². The van der Waals surface area contributed by atoms with Crippen LogP contribution in [0, 0.1) is 6.92 Å². The lowest BCUT2D eigenvalue weighted by Gasteiger charge is -2.26. The molecule has 1 aliphatic heterocycles. The van der Waals surface area contributed by atoms with Gasteiger partial charge in [-0.3, -0.25) is 14.5 Å². The molecule has 3 aromatic carbocycles. The summed E-state index contributed by atoms with van der Waals surface area (Å²) in [5.74, 6) is -1.02. The Bertz CT molecular complexity index is 1290. The van der Waals surface area contributed by atoms with Crippen LogP contribution in [-0.4, -0.2) is 23.9 Å². The summed E-state index contributed by atoms with van der Waals surface area (Å²) in [4.78, 5) is 28.1. The third kappa shape index (κ3) is 4.19. The first kappa shape index (κ1) is 23.6. The van der Waals surface area contributed by atoms with E-state index in [-0.39, 0.29) is 11.3 Å². The molecule has 0 aromatic heterocycles. The van der Waals surface area contributed by atoms with Crippen molar-refractivity contribution in [2.75, 3.05) is 12.0 Å². The monoisotopic (exact) mass is 475 g/mol. The first-order valence-electron chi connectivity index (χ1n) is 11.0. The predicted molar refractivity (Wildman–Crippen MR) is 134 cm³/mol. The van der Waals surface area contributed by atoms with Gasteiger partial charge >= 0.3 is 0 Å². The summed E-state index contributed by atoms with van der Waals surface area (Å²) in [6.45, 7) is 6.12. The molecule has 174 valence electrons. The Morgan fingerprint density at radius 1 is 1.03 bits per heavy atom. The maximum atomic E-state index is 13.3. The van der Waals surface area contributed by atoms with Crippen LogP contribution in [0.1, 0.15) is 48.1 Å². The van der Waals surface area contributed by atoms with Crippen molar-refractivity contribution in [2.45, 2.75) is 32.7 Å². The molecule has 1 heterocycles. The fourth-order valence-corrected chi connectivity index (χ4v) is 4.43. The summed E-state index contributed by atoms with van der Waals surface area (Å²) in [6, 6.07) is 19.1. The van der Waals surface area contributed by atoms with Crippen LogP contribution < -0.4 is 9.64 Å². The van der Waals surface area contributed by atoms with E-state index in [9.17, 15) is 14.7 Å². The van der Waals surface area contributed by atoms with Gasteiger partial charge < -0.3 is 9.84 Å². The number of methoxy groups -OCH3 is 1. The van der Waals surface area contributed by atoms with Crippen LogP contribution in [0.15, 0.2) is 72.3 Å². The Kier molecular flexibility index (Phi) is 6.49. The van der Waals surface area contributed by atoms with Crippen LogP contribution in [0.25, 0.3) is 5.76 Å². The number of benzene rings is 3.